The van der Waals surface area contributed by atoms with E-state index < -0.39 is 11.9 Å². The summed E-state index contributed by atoms with van der Waals surface area (Å²) in [7, 11) is 1.67. The Morgan fingerprint density at radius 1 is 1.48 bits per heavy atom. The van der Waals surface area contributed by atoms with Crippen molar-refractivity contribution in [3.63, 3.8) is 0 Å². The lowest BCUT2D eigenvalue weighted by Gasteiger charge is -2.21. The number of hydrogen-bond donors (Lipinski definition) is 3. The maximum atomic E-state index is 14.5. The lowest BCUT2D eigenvalue weighted by atomic mass is 10.1. The van der Waals surface area contributed by atoms with Gasteiger partial charge in [-0.25, -0.2) is 14.4 Å². The second-order valence-electron chi connectivity index (χ2n) is 6.75. The Bertz CT molecular complexity index is 1090. The summed E-state index contributed by atoms with van der Waals surface area (Å²) in [5.74, 6) is 2.33. The fourth-order valence-electron chi connectivity index (χ4n) is 3.25. The molecule has 0 aromatic carbocycles. The molecule has 0 fully saturated rings. The number of aromatic nitrogens is 2. The number of nitrogens with zero attached hydrogens (tertiary/aromatic N) is 3. The number of rotatable bonds is 9. The SMILES string of the molecule is C#CCCC(C=O)N1Cc2ccc(-c3cc(N/C(=C/C=N)NC)ncc3F)nc2C1=O. The molecule has 1 aliphatic heterocycles. The van der Waals surface area contributed by atoms with Gasteiger partial charge in [-0.2, -0.15) is 0 Å². The summed E-state index contributed by atoms with van der Waals surface area (Å²) in [6.45, 7) is 0.251. The van der Waals surface area contributed by atoms with E-state index in [2.05, 4.69) is 26.5 Å². The Morgan fingerprint density at radius 2 is 2.29 bits per heavy atom. The van der Waals surface area contributed by atoms with Crippen LogP contribution >= 0.6 is 0 Å². The highest BCUT2D eigenvalue weighted by Gasteiger charge is 2.34. The van der Waals surface area contributed by atoms with Gasteiger partial charge in [-0.1, -0.05) is 6.07 Å². The molecule has 3 heterocycles. The number of amides is 1. The molecule has 2 aromatic rings. The Morgan fingerprint density at radius 3 is 2.97 bits per heavy atom. The van der Waals surface area contributed by atoms with E-state index in [1.807, 2.05) is 0 Å². The molecule has 3 rings (SSSR count). The average Bonchev–Trinajstić information content (AvgIpc) is 3.11. The van der Waals surface area contributed by atoms with Crippen LogP contribution in [0.25, 0.3) is 11.3 Å². The number of terminal acetylenes is 1. The van der Waals surface area contributed by atoms with Gasteiger partial charge in [0.1, 0.15) is 23.6 Å². The molecular formula is C22H21FN6O2. The molecule has 158 valence electrons. The fourth-order valence-corrected chi connectivity index (χ4v) is 3.25. The van der Waals surface area contributed by atoms with Gasteiger partial charge in [0.2, 0.25) is 0 Å². The predicted octanol–water partition coefficient (Wildman–Crippen LogP) is 2.34. The third-order valence-electron chi connectivity index (χ3n) is 4.84. The van der Waals surface area contributed by atoms with Crippen LogP contribution in [0.4, 0.5) is 10.2 Å². The van der Waals surface area contributed by atoms with Gasteiger partial charge in [0, 0.05) is 37.4 Å². The molecule has 3 N–H and O–H groups in total. The topological polar surface area (TPSA) is 111 Å². The third kappa shape index (κ3) is 4.59. The normalized spacial score (nSPS) is 13.9. The summed E-state index contributed by atoms with van der Waals surface area (Å²) >= 11 is 0. The van der Waals surface area contributed by atoms with Crippen LogP contribution < -0.4 is 10.6 Å². The zero-order valence-electron chi connectivity index (χ0n) is 16.9. The number of nitrogens with one attached hydrogen (secondary N) is 3. The number of halogens is 1. The van der Waals surface area contributed by atoms with Gasteiger partial charge in [0.15, 0.2) is 5.82 Å². The van der Waals surface area contributed by atoms with E-state index >= 15 is 0 Å². The number of hydrogen-bond acceptors (Lipinski definition) is 7. The molecule has 8 nitrogen and oxygen atoms in total. The second-order valence-corrected chi connectivity index (χ2v) is 6.75. The average molecular weight is 420 g/mol. The molecule has 1 atom stereocenters. The van der Waals surface area contributed by atoms with Crippen LogP contribution in [0.5, 0.6) is 0 Å². The molecular weight excluding hydrogens is 399 g/mol. The van der Waals surface area contributed by atoms with Crippen molar-refractivity contribution >= 4 is 24.2 Å². The minimum absolute atomic E-state index is 0.163. The van der Waals surface area contributed by atoms with Crippen molar-refractivity contribution < 1.29 is 14.0 Å². The van der Waals surface area contributed by atoms with Crippen LogP contribution in [0.1, 0.15) is 28.9 Å². The number of carbonyl (C=O) groups is 2. The van der Waals surface area contributed by atoms with Crippen LogP contribution in [0.2, 0.25) is 0 Å². The van der Waals surface area contributed by atoms with Crippen LogP contribution in [-0.4, -0.2) is 46.4 Å². The highest BCUT2D eigenvalue weighted by atomic mass is 19.1. The zero-order valence-corrected chi connectivity index (χ0v) is 16.9. The Hall–Kier alpha value is -4.06. The lowest BCUT2D eigenvalue weighted by molar-refractivity contribution is -0.112. The molecule has 31 heavy (non-hydrogen) atoms. The van der Waals surface area contributed by atoms with Gasteiger partial charge in [-0.15, -0.1) is 12.3 Å². The Labute approximate surface area is 179 Å². The molecule has 0 saturated carbocycles. The van der Waals surface area contributed by atoms with Gasteiger partial charge in [0.05, 0.1) is 17.9 Å². The van der Waals surface area contributed by atoms with Gasteiger partial charge >= 0.3 is 0 Å². The van der Waals surface area contributed by atoms with Crippen molar-refractivity contribution in [3.8, 4) is 23.6 Å². The van der Waals surface area contributed by atoms with Crippen LogP contribution in [-0.2, 0) is 11.3 Å². The van der Waals surface area contributed by atoms with Gasteiger partial charge in [0.25, 0.3) is 5.91 Å². The largest absolute Gasteiger partial charge is 0.375 e. The monoisotopic (exact) mass is 420 g/mol. The van der Waals surface area contributed by atoms with Gasteiger partial charge in [-0.3, -0.25) is 4.79 Å². The van der Waals surface area contributed by atoms with Crippen LogP contribution in [0.3, 0.4) is 0 Å². The van der Waals surface area contributed by atoms with Crippen molar-refractivity contribution in [1.82, 2.24) is 20.2 Å². The molecule has 1 aliphatic rings. The van der Waals surface area contributed by atoms with E-state index in [9.17, 15) is 14.0 Å². The molecule has 0 radical (unpaired) electrons. The summed E-state index contributed by atoms with van der Waals surface area (Å²) in [5, 5.41) is 13.0. The molecule has 0 aliphatic carbocycles. The van der Waals surface area contributed by atoms with Crippen molar-refractivity contribution in [3.05, 3.63) is 53.4 Å². The first-order chi connectivity index (χ1) is 15.0. The lowest BCUT2D eigenvalue weighted by Crippen LogP contribution is -2.36. The number of carbonyl (C=O) groups excluding carboxylic acids is 2. The van der Waals surface area contributed by atoms with Crippen molar-refractivity contribution in [2.24, 2.45) is 0 Å². The van der Waals surface area contributed by atoms with Gasteiger partial charge in [-0.05, 0) is 24.6 Å². The summed E-state index contributed by atoms with van der Waals surface area (Å²) in [5.41, 5.74) is 1.29. The summed E-state index contributed by atoms with van der Waals surface area (Å²) in [6.07, 6.45) is 10.4. The first-order valence-corrected chi connectivity index (χ1v) is 9.53. The van der Waals surface area contributed by atoms with E-state index in [1.165, 1.54) is 17.0 Å². The smallest absolute Gasteiger partial charge is 0.273 e. The summed E-state index contributed by atoms with van der Waals surface area (Å²) < 4.78 is 14.5. The van der Waals surface area contributed by atoms with Crippen molar-refractivity contribution in [2.75, 3.05) is 12.4 Å². The van der Waals surface area contributed by atoms with E-state index in [4.69, 9.17) is 11.8 Å². The quantitative estimate of drug-likeness (QED) is 0.326. The molecule has 2 aromatic heterocycles. The minimum atomic E-state index is -0.629. The van der Waals surface area contributed by atoms with Gasteiger partial charge < -0.3 is 25.7 Å². The molecule has 9 heteroatoms. The fraction of sp³-hybridized carbons (Fsp3) is 0.227. The van der Waals surface area contributed by atoms with Crippen LogP contribution in [0, 0.1) is 23.6 Å². The maximum absolute atomic E-state index is 14.5. The molecule has 0 bridgehead atoms. The highest BCUT2D eigenvalue weighted by molar-refractivity contribution is 5.98. The molecule has 0 saturated heterocycles. The summed E-state index contributed by atoms with van der Waals surface area (Å²) in [4.78, 5) is 34.1. The maximum Gasteiger partial charge on any atom is 0.273 e. The van der Waals surface area contributed by atoms with E-state index in [1.54, 1.807) is 19.2 Å². The summed E-state index contributed by atoms with van der Waals surface area (Å²) in [6, 6.07) is 4.17. The number of anilines is 1. The van der Waals surface area contributed by atoms with Crippen molar-refractivity contribution in [2.45, 2.75) is 25.4 Å². The molecule has 0 spiro atoms. The number of fused-ring (bicyclic) bond motifs is 1. The highest BCUT2D eigenvalue weighted by Crippen LogP contribution is 2.29. The molecule has 1 unspecified atom stereocenters. The van der Waals surface area contributed by atoms with E-state index in [-0.39, 0.29) is 29.4 Å². The van der Waals surface area contributed by atoms with Crippen molar-refractivity contribution in [1.29, 1.82) is 5.41 Å². The van der Waals surface area contributed by atoms with E-state index in [0.717, 1.165) is 12.4 Å². The zero-order chi connectivity index (χ0) is 22.4. The second kappa shape index (κ2) is 9.63. The first-order valence-electron chi connectivity index (χ1n) is 9.53. The minimum Gasteiger partial charge on any atom is -0.375 e. The molecule has 1 amide bonds. The standard InChI is InChI=1S/C22H21FN6O2/c1-3-4-5-15(13-30)29-12-14-6-7-18(27-21(14)22(29)31)16-10-20(26-11-17(16)23)28-19(25-2)8-9-24/h1,6-11,13,15,24-25H,4-5,12H2,2H3,(H,26,28)/b19-8+,24-9?. The number of pyridine rings is 2. The van der Waals surface area contributed by atoms with E-state index in [0.29, 0.717) is 36.3 Å². The number of allylic oxidation sites excluding steroid dienone is 1. The third-order valence-corrected chi connectivity index (χ3v) is 4.84. The number of aldehydes is 1. The Balaban J connectivity index is 1.91. The first kappa shape index (κ1) is 21.6. The Kier molecular flexibility index (Phi) is 6.72. The van der Waals surface area contributed by atoms with Crippen LogP contribution in [0.15, 0.2) is 36.3 Å². The predicted molar refractivity (Wildman–Crippen MR) is 115 cm³/mol.